The van der Waals surface area contributed by atoms with E-state index in [9.17, 15) is 4.79 Å². The van der Waals surface area contributed by atoms with Crippen molar-refractivity contribution in [2.45, 2.75) is 31.7 Å². The molecule has 3 aromatic rings. The molecule has 26 heavy (non-hydrogen) atoms. The number of rotatable bonds is 5. The summed E-state index contributed by atoms with van der Waals surface area (Å²) in [5, 5.41) is 8.29. The van der Waals surface area contributed by atoms with Crippen molar-refractivity contribution in [3.05, 3.63) is 47.9 Å². The second-order valence-corrected chi connectivity index (χ2v) is 6.38. The third kappa shape index (κ3) is 3.08. The van der Waals surface area contributed by atoms with Crippen LogP contribution in [0.2, 0.25) is 0 Å². The Bertz CT molecular complexity index is 903. The summed E-state index contributed by atoms with van der Waals surface area (Å²) >= 11 is 0. The Labute approximate surface area is 150 Å². The molecule has 8 heteroatoms. The molecule has 0 bridgehead atoms. The molecule has 4 heterocycles. The summed E-state index contributed by atoms with van der Waals surface area (Å²) in [6, 6.07) is 7.28. The number of methoxy groups -OCH3 is 1. The van der Waals surface area contributed by atoms with Gasteiger partial charge < -0.3 is 14.2 Å². The highest BCUT2D eigenvalue weighted by Gasteiger charge is 2.33. The first kappa shape index (κ1) is 16.7. The van der Waals surface area contributed by atoms with E-state index >= 15 is 0 Å². The molecular weight excluding hydrogens is 334 g/mol. The number of carbonyl (C=O) groups is 1. The fourth-order valence-electron chi connectivity index (χ4n) is 3.39. The quantitative estimate of drug-likeness (QED) is 0.698. The van der Waals surface area contributed by atoms with Crippen LogP contribution in [0.15, 0.2) is 35.0 Å². The van der Waals surface area contributed by atoms with E-state index in [1.807, 2.05) is 23.1 Å². The Morgan fingerprint density at radius 3 is 3.15 bits per heavy atom. The van der Waals surface area contributed by atoms with Gasteiger partial charge in [-0.2, -0.15) is 10.1 Å². The van der Waals surface area contributed by atoms with Crippen LogP contribution in [0.4, 0.5) is 0 Å². The van der Waals surface area contributed by atoms with Gasteiger partial charge in [0.2, 0.25) is 5.89 Å². The summed E-state index contributed by atoms with van der Waals surface area (Å²) < 4.78 is 12.2. The molecule has 0 aliphatic carbocycles. The second-order valence-electron chi connectivity index (χ2n) is 6.38. The Morgan fingerprint density at radius 2 is 2.27 bits per heavy atom. The summed E-state index contributed by atoms with van der Waals surface area (Å²) in [5.41, 5.74) is 1.43. The lowest BCUT2D eigenvalue weighted by Crippen LogP contribution is -2.39. The van der Waals surface area contributed by atoms with Crippen molar-refractivity contribution in [2.75, 3.05) is 20.3 Å². The van der Waals surface area contributed by atoms with Crippen LogP contribution in [0.25, 0.3) is 5.52 Å². The zero-order valence-electron chi connectivity index (χ0n) is 14.7. The number of pyridine rings is 1. The number of nitrogens with zero attached hydrogens (tertiary/aromatic N) is 5. The van der Waals surface area contributed by atoms with Crippen LogP contribution in [-0.4, -0.2) is 50.8 Å². The van der Waals surface area contributed by atoms with E-state index in [0.29, 0.717) is 37.0 Å². The topological polar surface area (TPSA) is 85.8 Å². The maximum atomic E-state index is 13.2. The summed E-state index contributed by atoms with van der Waals surface area (Å²) in [6.07, 6.45) is 5.08. The van der Waals surface area contributed by atoms with Gasteiger partial charge in [-0.25, -0.2) is 4.52 Å². The molecule has 1 atom stereocenters. The molecule has 136 valence electrons. The Hall–Kier alpha value is -2.74. The summed E-state index contributed by atoms with van der Waals surface area (Å²) in [6.45, 7) is 1.20. The summed E-state index contributed by atoms with van der Waals surface area (Å²) in [5.74, 6) is 1.03. The van der Waals surface area contributed by atoms with E-state index in [1.54, 1.807) is 23.9 Å². The molecule has 4 rings (SSSR count). The van der Waals surface area contributed by atoms with Crippen molar-refractivity contribution in [1.82, 2.24) is 24.7 Å². The predicted molar refractivity (Wildman–Crippen MR) is 92.7 cm³/mol. The Kier molecular flexibility index (Phi) is 4.66. The van der Waals surface area contributed by atoms with Crippen molar-refractivity contribution < 1.29 is 14.1 Å². The van der Waals surface area contributed by atoms with E-state index in [4.69, 9.17) is 9.26 Å². The SMILES string of the molecule is COCCc1noc(C2CCCCN2C(=O)c2cccc3ccnn23)n1. The molecule has 1 aliphatic heterocycles. The molecule has 0 N–H and O–H groups in total. The van der Waals surface area contributed by atoms with E-state index in [0.717, 1.165) is 24.8 Å². The minimum atomic E-state index is -0.203. The standard InChI is InChI=1S/C18H21N5O3/c1-25-12-9-16-20-17(26-21-16)14-6-2-3-11-22(14)18(24)15-7-4-5-13-8-10-19-23(13)15/h4-5,7-8,10,14H,2-3,6,9,11-12H2,1H3. The van der Waals surface area contributed by atoms with Gasteiger partial charge in [0.05, 0.1) is 18.3 Å². The van der Waals surface area contributed by atoms with Crippen LogP contribution in [0.1, 0.15) is 47.5 Å². The normalized spacial score (nSPS) is 17.7. The van der Waals surface area contributed by atoms with Crippen LogP contribution < -0.4 is 0 Å². The number of hydrogen-bond donors (Lipinski definition) is 0. The maximum Gasteiger partial charge on any atom is 0.273 e. The number of aromatic nitrogens is 4. The number of fused-ring (bicyclic) bond motifs is 1. The van der Waals surface area contributed by atoms with Gasteiger partial charge in [0.25, 0.3) is 5.91 Å². The van der Waals surface area contributed by atoms with E-state index in [2.05, 4.69) is 15.2 Å². The van der Waals surface area contributed by atoms with Crippen LogP contribution in [0.5, 0.6) is 0 Å². The number of amides is 1. The van der Waals surface area contributed by atoms with Gasteiger partial charge in [-0.05, 0) is 37.5 Å². The molecule has 0 saturated carbocycles. The number of hydrogen-bond acceptors (Lipinski definition) is 6. The molecular formula is C18H21N5O3. The van der Waals surface area contributed by atoms with Gasteiger partial charge in [0, 0.05) is 20.1 Å². The number of ether oxygens (including phenoxy) is 1. The van der Waals surface area contributed by atoms with E-state index in [-0.39, 0.29) is 11.9 Å². The van der Waals surface area contributed by atoms with Gasteiger partial charge in [0.15, 0.2) is 5.82 Å². The van der Waals surface area contributed by atoms with Gasteiger partial charge in [-0.1, -0.05) is 11.2 Å². The third-order valence-corrected chi connectivity index (χ3v) is 4.70. The van der Waals surface area contributed by atoms with Crippen molar-refractivity contribution in [1.29, 1.82) is 0 Å². The molecule has 8 nitrogen and oxygen atoms in total. The minimum Gasteiger partial charge on any atom is -0.384 e. The summed E-state index contributed by atoms with van der Waals surface area (Å²) in [7, 11) is 1.64. The molecule has 1 fully saturated rings. The largest absolute Gasteiger partial charge is 0.384 e. The lowest BCUT2D eigenvalue weighted by Gasteiger charge is -2.33. The number of carbonyl (C=O) groups excluding carboxylic acids is 1. The van der Waals surface area contributed by atoms with Crippen LogP contribution in [0, 0.1) is 0 Å². The molecule has 0 aromatic carbocycles. The maximum absolute atomic E-state index is 13.2. The monoisotopic (exact) mass is 355 g/mol. The molecule has 1 amide bonds. The second kappa shape index (κ2) is 7.25. The molecule has 1 saturated heterocycles. The smallest absolute Gasteiger partial charge is 0.273 e. The average molecular weight is 355 g/mol. The molecule has 1 aliphatic rings. The lowest BCUT2D eigenvalue weighted by molar-refractivity contribution is 0.0552. The fourth-order valence-corrected chi connectivity index (χ4v) is 3.39. The first-order valence-electron chi connectivity index (χ1n) is 8.83. The highest BCUT2D eigenvalue weighted by molar-refractivity contribution is 5.93. The van der Waals surface area contributed by atoms with Crippen LogP contribution in [0.3, 0.4) is 0 Å². The van der Waals surface area contributed by atoms with Crippen molar-refractivity contribution in [3.8, 4) is 0 Å². The van der Waals surface area contributed by atoms with Gasteiger partial charge >= 0.3 is 0 Å². The van der Waals surface area contributed by atoms with Gasteiger partial charge in [-0.15, -0.1) is 0 Å². The Balaban J connectivity index is 1.62. The zero-order valence-corrected chi connectivity index (χ0v) is 14.7. The molecule has 3 aromatic heterocycles. The fraction of sp³-hybridized carbons (Fsp3) is 0.444. The first-order chi connectivity index (χ1) is 12.8. The third-order valence-electron chi connectivity index (χ3n) is 4.70. The molecule has 0 spiro atoms. The minimum absolute atomic E-state index is 0.0689. The predicted octanol–water partition coefficient (Wildman–Crippen LogP) is 2.27. The molecule has 0 radical (unpaired) electrons. The molecule has 1 unspecified atom stereocenters. The lowest BCUT2D eigenvalue weighted by atomic mass is 10.0. The van der Waals surface area contributed by atoms with Crippen LogP contribution in [-0.2, 0) is 11.2 Å². The number of piperidine rings is 1. The van der Waals surface area contributed by atoms with Crippen molar-refractivity contribution >= 4 is 11.4 Å². The van der Waals surface area contributed by atoms with Crippen molar-refractivity contribution in [2.24, 2.45) is 0 Å². The van der Waals surface area contributed by atoms with Gasteiger partial charge in [0.1, 0.15) is 11.7 Å². The van der Waals surface area contributed by atoms with E-state index < -0.39 is 0 Å². The van der Waals surface area contributed by atoms with E-state index in [1.165, 1.54) is 0 Å². The first-order valence-corrected chi connectivity index (χ1v) is 8.83. The van der Waals surface area contributed by atoms with Crippen molar-refractivity contribution in [3.63, 3.8) is 0 Å². The van der Waals surface area contributed by atoms with Gasteiger partial charge in [-0.3, -0.25) is 4.79 Å². The summed E-state index contributed by atoms with van der Waals surface area (Å²) in [4.78, 5) is 19.5. The average Bonchev–Trinajstić information content (AvgIpc) is 3.35. The highest BCUT2D eigenvalue weighted by atomic mass is 16.5. The zero-order chi connectivity index (χ0) is 17.9. The Morgan fingerprint density at radius 1 is 1.35 bits per heavy atom. The number of likely N-dealkylation sites (tertiary alicyclic amines) is 1. The van der Waals surface area contributed by atoms with Crippen LogP contribution >= 0.6 is 0 Å². The highest BCUT2D eigenvalue weighted by Crippen LogP contribution is 2.31.